The molecule has 0 spiro atoms. The van der Waals surface area contributed by atoms with Crippen LogP contribution < -0.4 is 0 Å². The molecule has 0 N–H and O–H groups in total. The van der Waals surface area contributed by atoms with Crippen LogP contribution in [0.1, 0.15) is 15.9 Å². The Morgan fingerprint density at radius 1 is 1.47 bits per heavy atom. The van der Waals surface area contributed by atoms with E-state index in [1.165, 1.54) is 0 Å². The third kappa shape index (κ3) is 1.89. The second kappa shape index (κ2) is 3.82. The van der Waals surface area contributed by atoms with Crippen LogP contribution in [0.4, 0.5) is 5.69 Å². The Morgan fingerprint density at radius 3 is 2.93 bits per heavy atom. The minimum Gasteiger partial charge on any atom is -0.298 e. The van der Waals surface area contributed by atoms with Crippen molar-refractivity contribution in [1.82, 2.24) is 10.0 Å². The van der Waals surface area contributed by atoms with E-state index in [9.17, 15) is 4.79 Å². The van der Waals surface area contributed by atoms with Crippen LogP contribution in [-0.2, 0) is 6.54 Å². The standard InChI is InChI=1S/C11H13N3O/c1-13(2)14-6-10-5-9(7-15)3-4-11(10)12-8-14/h3-5,7-8H,6H2,1-2H3. The molecule has 1 aliphatic heterocycles. The van der Waals surface area contributed by atoms with E-state index in [1.807, 2.05) is 36.2 Å². The van der Waals surface area contributed by atoms with Crippen molar-refractivity contribution in [2.75, 3.05) is 14.1 Å². The van der Waals surface area contributed by atoms with Gasteiger partial charge in [-0.25, -0.2) is 10.0 Å². The Morgan fingerprint density at radius 2 is 2.27 bits per heavy atom. The SMILES string of the molecule is CN(C)N1C=Nc2ccc(C=O)cc2C1. The topological polar surface area (TPSA) is 35.9 Å². The summed E-state index contributed by atoms with van der Waals surface area (Å²) in [6.45, 7) is 0.757. The number of hydrogen-bond donors (Lipinski definition) is 0. The maximum Gasteiger partial charge on any atom is 0.150 e. The monoisotopic (exact) mass is 203 g/mol. The number of fused-ring (bicyclic) bond motifs is 1. The Bertz CT molecular complexity index is 412. The van der Waals surface area contributed by atoms with Crippen molar-refractivity contribution >= 4 is 18.3 Å². The largest absolute Gasteiger partial charge is 0.298 e. The summed E-state index contributed by atoms with van der Waals surface area (Å²) in [7, 11) is 3.92. The number of carbonyl (C=O) groups excluding carboxylic acids is 1. The zero-order chi connectivity index (χ0) is 10.8. The molecule has 1 heterocycles. The number of aliphatic imine (C=N–C) groups is 1. The van der Waals surface area contributed by atoms with E-state index in [4.69, 9.17) is 0 Å². The van der Waals surface area contributed by atoms with Gasteiger partial charge >= 0.3 is 0 Å². The van der Waals surface area contributed by atoms with Gasteiger partial charge in [0.2, 0.25) is 0 Å². The minimum absolute atomic E-state index is 0.699. The molecule has 2 rings (SSSR count). The molecule has 1 aliphatic rings. The van der Waals surface area contributed by atoms with Gasteiger partial charge in [0.15, 0.2) is 0 Å². The maximum absolute atomic E-state index is 10.6. The lowest BCUT2D eigenvalue weighted by atomic mass is 10.1. The van der Waals surface area contributed by atoms with Gasteiger partial charge in [-0.3, -0.25) is 9.80 Å². The summed E-state index contributed by atoms with van der Waals surface area (Å²) in [5.74, 6) is 0. The summed E-state index contributed by atoms with van der Waals surface area (Å²) < 4.78 is 0. The third-order valence-electron chi connectivity index (χ3n) is 2.42. The third-order valence-corrected chi connectivity index (χ3v) is 2.42. The molecule has 0 aliphatic carbocycles. The predicted molar refractivity (Wildman–Crippen MR) is 59.2 cm³/mol. The average Bonchev–Trinajstić information content (AvgIpc) is 2.27. The fourth-order valence-electron chi connectivity index (χ4n) is 1.52. The lowest BCUT2D eigenvalue weighted by molar-refractivity contribution is 0.107. The van der Waals surface area contributed by atoms with Crippen molar-refractivity contribution in [3.63, 3.8) is 0 Å². The number of benzene rings is 1. The van der Waals surface area contributed by atoms with Gasteiger partial charge in [-0.2, -0.15) is 0 Å². The number of nitrogens with zero attached hydrogens (tertiary/aromatic N) is 3. The summed E-state index contributed by atoms with van der Waals surface area (Å²) in [5.41, 5.74) is 2.72. The number of carbonyl (C=O) groups is 1. The first-order valence-corrected chi connectivity index (χ1v) is 4.77. The highest BCUT2D eigenvalue weighted by Gasteiger charge is 2.13. The zero-order valence-electron chi connectivity index (χ0n) is 8.84. The van der Waals surface area contributed by atoms with E-state index in [2.05, 4.69) is 4.99 Å². The number of rotatable bonds is 2. The van der Waals surface area contributed by atoms with Gasteiger partial charge in [-0.1, -0.05) is 0 Å². The molecule has 1 aromatic rings. The summed E-state index contributed by atoms with van der Waals surface area (Å²) >= 11 is 0. The smallest absolute Gasteiger partial charge is 0.150 e. The molecule has 0 aromatic heterocycles. The first kappa shape index (κ1) is 9.86. The average molecular weight is 203 g/mol. The van der Waals surface area contributed by atoms with Crippen LogP contribution in [0.25, 0.3) is 0 Å². The molecule has 4 nitrogen and oxygen atoms in total. The molecule has 0 atom stereocenters. The van der Waals surface area contributed by atoms with E-state index in [0.29, 0.717) is 5.56 Å². The van der Waals surface area contributed by atoms with Crippen LogP contribution in [0.3, 0.4) is 0 Å². The van der Waals surface area contributed by atoms with Gasteiger partial charge in [-0.05, 0) is 23.8 Å². The van der Waals surface area contributed by atoms with E-state index in [-0.39, 0.29) is 0 Å². The van der Waals surface area contributed by atoms with Gasteiger partial charge in [0.1, 0.15) is 12.6 Å². The fraction of sp³-hybridized carbons (Fsp3) is 0.273. The van der Waals surface area contributed by atoms with Crippen molar-refractivity contribution in [2.24, 2.45) is 4.99 Å². The molecular weight excluding hydrogens is 190 g/mol. The molecule has 0 bridgehead atoms. The van der Waals surface area contributed by atoms with Crippen LogP contribution >= 0.6 is 0 Å². The second-order valence-electron chi connectivity index (χ2n) is 3.70. The van der Waals surface area contributed by atoms with Crippen LogP contribution in [-0.4, -0.2) is 36.7 Å². The van der Waals surface area contributed by atoms with Crippen molar-refractivity contribution in [3.8, 4) is 0 Å². The van der Waals surface area contributed by atoms with Gasteiger partial charge in [0, 0.05) is 19.7 Å². The minimum atomic E-state index is 0.699. The van der Waals surface area contributed by atoms with Crippen LogP contribution in [0.15, 0.2) is 23.2 Å². The Hall–Kier alpha value is -1.68. The lowest BCUT2D eigenvalue weighted by Crippen LogP contribution is -2.36. The highest BCUT2D eigenvalue weighted by molar-refractivity contribution is 5.77. The van der Waals surface area contributed by atoms with E-state index in [0.717, 1.165) is 24.1 Å². The number of hydrazine groups is 1. The highest BCUT2D eigenvalue weighted by Crippen LogP contribution is 2.24. The molecule has 78 valence electrons. The summed E-state index contributed by atoms with van der Waals surface area (Å²) in [4.78, 5) is 15.0. The van der Waals surface area contributed by atoms with Crippen LogP contribution in [0, 0.1) is 0 Å². The summed E-state index contributed by atoms with van der Waals surface area (Å²) in [6, 6.07) is 5.55. The Kier molecular flexibility index (Phi) is 2.51. The quantitative estimate of drug-likeness (QED) is 0.682. The van der Waals surface area contributed by atoms with Crippen molar-refractivity contribution < 1.29 is 4.79 Å². The van der Waals surface area contributed by atoms with Gasteiger partial charge < -0.3 is 0 Å². The van der Waals surface area contributed by atoms with E-state index in [1.54, 1.807) is 12.4 Å². The van der Waals surface area contributed by atoms with Crippen molar-refractivity contribution in [1.29, 1.82) is 0 Å². The molecule has 1 aromatic carbocycles. The molecule has 0 fully saturated rings. The van der Waals surface area contributed by atoms with Gasteiger partial charge in [0.05, 0.1) is 12.2 Å². The molecule has 15 heavy (non-hydrogen) atoms. The molecule has 0 unspecified atom stereocenters. The first-order valence-electron chi connectivity index (χ1n) is 4.77. The maximum atomic E-state index is 10.6. The summed E-state index contributed by atoms with van der Waals surface area (Å²) in [5, 5.41) is 3.94. The van der Waals surface area contributed by atoms with Crippen LogP contribution in [0.5, 0.6) is 0 Å². The number of aldehydes is 1. The first-order chi connectivity index (χ1) is 7.20. The highest BCUT2D eigenvalue weighted by atomic mass is 16.1. The number of hydrogen-bond acceptors (Lipinski definition) is 4. The predicted octanol–water partition coefficient (Wildman–Crippen LogP) is 1.45. The normalized spacial score (nSPS) is 14.2. The second-order valence-corrected chi connectivity index (χ2v) is 3.70. The fourth-order valence-corrected chi connectivity index (χ4v) is 1.52. The van der Waals surface area contributed by atoms with E-state index < -0.39 is 0 Å². The Labute approximate surface area is 88.8 Å². The van der Waals surface area contributed by atoms with Crippen molar-refractivity contribution in [2.45, 2.75) is 6.54 Å². The molecule has 0 saturated heterocycles. The van der Waals surface area contributed by atoms with Crippen LogP contribution in [0.2, 0.25) is 0 Å². The van der Waals surface area contributed by atoms with Gasteiger partial charge in [0.25, 0.3) is 0 Å². The van der Waals surface area contributed by atoms with Gasteiger partial charge in [-0.15, -0.1) is 0 Å². The molecule has 0 saturated carbocycles. The zero-order valence-corrected chi connectivity index (χ0v) is 8.84. The molecule has 0 amide bonds. The Balaban J connectivity index is 2.34. The summed E-state index contributed by atoms with van der Waals surface area (Å²) in [6.07, 6.45) is 2.65. The molecule has 0 radical (unpaired) electrons. The van der Waals surface area contributed by atoms with E-state index >= 15 is 0 Å². The molecular formula is C11H13N3O. The lowest BCUT2D eigenvalue weighted by Gasteiger charge is -2.29. The van der Waals surface area contributed by atoms with Crippen molar-refractivity contribution in [3.05, 3.63) is 29.3 Å². The molecule has 4 heteroatoms.